The summed E-state index contributed by atoms with van der Waals surface area (Å²) < 4.78 is 7.83. The lowest BCUT2D eigenvalue weighted by Gasteiger charge is -2.28. The van der Waals surface area contributed by atoms with Crippen LogP contribution in [0.25, 0.3) is 5.69 Å². The molecule has 2 aromatic rings. The Morgan fingerprint density at radius 1 is 1.20 bits per heavy atom. The van der Waals surface area contributed by atoms with Gasteiger partial charge in [-0.1, -0.05) is 31.0 Å². The second-order valence-corrected chi connectivity index (χ2v) is 5.43. The van der Waals surface area contributed by atoms with Gasteiger partial charge in [0, 0.05) is 17.8 Å². The van der Waals surface area contributed by atoms with Crippen LogP contribution in [0.5, 0.6) is 0 Å². The third-order valence-corrected chi connectivity index (χ3v) is 3.87. The Kier molecular flexibility index (Phi) is 4.14. The van der Waals surface area contributed by atoms with E-state index in [0.717, 1.165) is 24.1 Å². The zero-order chi connectivity index (χ0) is 13.8. The van der Waals surface area contributed by atoms with Gasteiger partial charge >= 0.3 is 0 Å². The smallest absolute Gasteiger partial charge is 0.0752 e. The van der Waals surface area contributed by atoms with Crippen LogP contribution in [0.1, 0.15) is 31.2 Å². The van der Waals surface area contributed by atoms with Gasteiger partial charge in [0.1, 0.15) is 0 Å². The van der Waals surface area contributed by atoms with E-state index in [0.29, 0.717) is 6.61 Å². The summed E-state index contributed by atoms with van der Waals surface area (Å²) >= 11 is 0. The Hall–Kier alpha value is -1.65. The first kappa shape index (κ1) is 13.3. The molecule has 1 aliphatic rings. The molecule has 4 heteroatoms. The van der Waals surface area contributed by atoms with Crippen molar-refractivity contribution in [2.75, 3.05) is 0 Å². The van der Waals surface area contributed by atoms with Crippen LogP contribution in [0, 0.1) is 0 Å². The van der Waals surface area contributed by atoms with Gasteiger partial charge in [0.2, 0.25) is 0 Å². The predicted octanol–water partition coefficient (Wildman–Crippen LogP) is 2.66. The first-order valence-electron chi connectivity index (χ1n) is 7.29. The Morgan fingerprint density at radius 2 is 2.00 bits per heavy atom. The molecule has 0 spiro atoms. The van der Waals surface area contributed by atoms with Crippen molar-refractivity contribution in [2.24, 2.45) is 5.73 Å². The third kappa shape index (κ3) is 3.08. The van der Waals surface area contributed by atoms with Crippen LogP contribution in [0.4, 0.5) is 0 Å². The summed E-state index contributed by atoms with van der Waals surface area (Å²) in [4.78, 5) is 0. The number of nitrogens with zero attached hydrogens (tertiary/aromatic N) is 2. The first-order valence-corrected chi connectivity index (χ1v) is 7.29. The molecule has 0 amide bonds. The molecule has 0 saturated heterocycles. The molecular formula is C16H21N3O. The normalized spacial score (nSPS) is 22.9. The molecule has 1 fully saturated rings. The summed E-state index contributed by atoms with van der Waals surface area (Å²) in [6, 6.07) is 10.3. The molecule has 1 aromatic heterocycles. The second-order valence-electron chi connectivity index (χ2n) is 5.43. The number of benzene rings is 1. The fraction of sp³-hybridized carbons (Fsp3) is 0.438. The molecule has 1 heterocycles. The van der Waals surface area contributed by atoms with Crippen LogP contribution in [-0.2, 0) is 11.3 Å². The highest BCUT2D eigenvalue weighted by Gasteiger charge is 2.22. The quantitative estimate of drug-likeness (QED) is 0.930. The number of hydrogen-bond donors (Lipinski definition) is 1. The molecule has 106 valence electrons. The molecule has 1 saturated carbocycles. The van der Waals surface area contributed by atoms with Gasteiger partial charge in [-0.25, -0.2) is 4.68 Å². The minimum atomic E-state index is 0.188. The van der Waals surface area contributed by atoms with Crippen LogP contribution in [0.3, 0.4) is 0 Å². The van der Waals surface area contributed by atoms with E-state index in [1.165, 1.54) is 12.8 Å². The van der Waals surface area contributed by atoms with Gasteiger partial charge in [-0.2, -0.15) is 5.10 Å². The van der Waals surface area contributed by atoms with Crippen molar-refractivity contribution in [1.82, 2.24) is 9.78 Å². The maximum Gasteiger partial charge on any atom is 0.0752 e. The maximum atomic E-state index is 6.09. The van der Waals surface area contributed by atoms with E-state index in [2.05, 4.69) is 5.10 Å². The van der Waals surface area contributed by atoms with Crippen molar-refractivity contribution in [2.45, 2.75) is 44.4 Å². The lowest BCUT2D eigenvalue weighted by atomic mass is 9.93. The van der Waals surface area contributed by atoms with Crippen molar-refractivity contribution >= 4 is 0 Å². The third-order valence-electron chi connectivity index (χ3n) is 3.87. The monoisotopic (exact) mass is 271 g/mol. The second kappa shape index (κ2) is 6.20. The van der Waals surface area contributed by atoms with Crippen molar-refractivity contribution in [3.8, 4) is 5.69 Å². The lowest BCUT2D eigenvalue weighted by Crippen LogP contribution is -2.39. The fourth-order valence-electron chi connectivity index (χ4n) is 2.69. The molecule has 2 N–H and O–H groups in total. The molecular weight excluding hydrogens is 250 g/mol. The molecule has 1 aliphatic carbocycles. The minimum absolute atomic E-state index is 0.188. The standard InChI is InChI=1S/C16H21N3O/c17-15-8-4-5-9-16(15)20-12-13-10-18-19(11-13)14-6-2-1-3-7-14/h1-3,6-7,10-11,15-16H,4-5,8-9,12,17H2. The van der Waals surface area contributed by atoms with Crippen LogP contribution in [0.2, 0.25) is 0 Å². The van der Waals surface area contributed by atoms with Gasteiger partial charge < -0.3 is 10.5 Å². The van der Waals surface area contributed by atoms with E-state index in [4.69, 9.17) is 10.5 Å². The van der Waals surface area contributed by atoms with Crippen LogP contribution in [0.15, 0.2) is 42.7 Å². The predicted molar refractivity (Wildman–Crippen MR) is 78.6 cm³/mol. The van der Waals surface area contributed by atoms with Gasteiger partial charge in [0.25, 0.3) is 0 Å². The van der Waals surface area contributed by atoms with Crippen molar-refractivity contribution in [1.29, 1.82) is 0 Å². The van der Waals surface area contributed by atoms with Gasteiger partial charge in [-0.3, -0.25) is 0 Å². The maximum absolute atomic E-state index is 6.09. The van der Waals surface area contributed by atoms with E-state index in [-0.39, 0.29) is 12.1 Å². The SMILES string of the molecule is NC1CCCCC1OCc1cnn(-c2ccccc2)c1. The molecule has 0 bridgehead atoms. The van der Waals surface area contributed by atoms with Gasteiger partial charge in [-0.15, -0.1) is 0 Å². The van der Waals surface area contributed by atoms with Gasteiger partial charge in [0.15, 0.2) is 0 Å². The number of para-hydroxylation sites is 1. The Bertz CT molecular complexity index is 538. The van der Waals surface area contributed by atoms with Crippen molar-refractivity contribution in [3.63, 3.8) is 0 Å². The van der Waals surface area contributed by atoms with E-state index >= 15 is 0 Å². The Balaban J connectivity index is 1.60. The van der Waals surface area contributed by atoms with Crippen LogP contribution >= 0.6 is 0 Å². The molecule has 1 aromatic carbocycles. The lowest BCUT2D eigenvalue weighted by molar-refractivity contribution is 0.00403. The minimum Gasteiger partial charge on any atom is -0.372 e. The number of ether oxygens (including phenoxy) is 1. The number of rotatable bonds is 4. The summed E-state index contributed by atoms with van der Waals surface area (Å²) in [7, 11) is 0. The highest BCUT2D eigenvalue weighted by atomic mass is 16.5. The largest absolute Gasteiger partial charge is 0.372 e. The van der Waals surface area contributed by atoms with Crippen LogP contribution < -0.4 is 5.73 Å². The zero-order valence-electron chi connectivity index (χ0n) is 11.6. The topological polar surface area (TPSA) is 53.1 Å². The molecule has 20 heavy (non-hydrogen) atoms. The average molecular weight is 271 g/mol. The van der Waals surface area contributed by atoms with E-state index in [1.807, 2.05) is 47.4 Å². The van der Waals surface area contributed by atoms with E-state index in [9.17, 15) is 0 Å². The molecule has 2 atom stereocenters. The highest BCUT2D eigenvalue weighted by Crippen LogP contribution is 2.21. The Labute approximate surface area is 119 Å². The summed E-state index contributed by atoms with van der Waals surface area (Å²) in [6.07, 6.45) is 8.69. The summed E-state index contributed by atoms with van der Waals surface area (Å²) in [6.45, 7) is 0.588. The summed E-state index contributed by atoms with van der Waals surface area (Å²) in [5, 5.41) is 4.37. The number of hydrogen-bond acceptors (Lipinski definition) is 3. The van der Waals surface area contributed by atoms with Crippen molar-refractivity contribution < 1.29 is 4.74 Å². The fourth-order valence-corrected chi connectivity index (χ4v) is 2.69. The average Bonchev–Trinajstić information content (AvgIpc) is 2.96. The zero-order valence-corrected chi connectivity index (χ0v) is 11.6. The first-order chi connectivity index (χ1) is 9.83. The summed E-state index contributed by atoms with van der Waals surface area (Å²) in [5.74, 6) is 0. The van der Waals surface area contributed by atoms with E-state index < -0.39 is 0 Å². The number of aromatic nitrogens is 2. The molecule has 2 unspecified atom stereocenters. The Morgan fingerprint density at radius 3 is 2.80 bits per heavy atom. The van der Waals surface area contributed by atoms with Crippen molar-refractivity contribution in [3.05, 3.63) is 48.3 Å². The molecule has 4 nitrogen and oxygen atoms in total. The molecule has 3 rings (SSSR count). The number of nitrogens with two attached hydrogens (primary N) is 1. The highest BCUT2D eigenvalue weighted by molar-refractivity contribution is 5.30. The van der Waals surface area contributed by atoms with Gasteiger partial charge in [0.05, 0.1) is 24.6 Å². The summed E-state index contributed by atoms with van der Waals surface area (Å²) in [5.41, 5.74) is 8.25. The molecule has 0 aliphatic heterocycles. The van der Waals surface area contributed by atoms with Gasteiger partial charge in [-0.05, 0) is 25.0 Å². The molecule has 0 radical (unpaired) electrons. The van der Waals surface area contributed by atoms with Crippen LogP contribution in [-0.4, -0.2) is 21.9 Å². The van der Waals surface area contributed by atoms with E-state index in [1.54, 1.807) is 0 Å².